The molecular weight excluding hydrogens is 1120 g/mol. The Hall–Kier alpha value is -6.68. The fraction of sp³-hybridized carbons (Fsp3) is 0.296. The molecule has 1 aliphatic heterocycles. The monoisotopic (exact) mass is 1190 g/mol. The van der Waals surface area contributed by atoms with E-state index in [0.717, 1.165) is 44.6 Å². The van der Waals surface area contributed by atoms with E-state index in [1.165, 1.54) is 44.8 Å². The van der Waals surface area contributed by atoms with Crippen LogP contribution in [0.15, 0.2) is 187 Å². The second-order valence-electron chi connectivity index (χ2n) is 25.6. The fourth-order valence-corrected chi connectivity index (χ4v) is 11.0. The zero-order chi connectivity index (χ0) is 54.2. The summed E-state index contributed by atoms with van der Waals surface area (Å²) in [7, 11) is 0. The molecule has 1 aliphatic rings. The second kappa shape index (κ2) is 20.3. The van der Waals surface area contributed by atoms with Crippen LogP contribution in [-0.4, -0.2) is 9.55 Å². The first-order chi connectivity index (χ1) is 35.8. The van der Waals surface area contributed by atoms with Gasteiger partial charge in [0.05, 0.1) is 0 Å². The first kappa shape index (κ1) is 55.1. The van der Waals surface area contributed by atoms with Crippen LogP contribution in [0.25, 0.3) is 27.6 Å². The maximum Gasteiger partial charge on any atom is 0.135 e. The van der Waals surface area contributed by atoms with Crippen LogP contribution in [0.4, 0.5) is 11.4 Å². The summed E-state index contributed by atoms with van der Waals surface area (Å²) in [6, 6.07) is 69.3. The van der Waals surface area contributed by atoms with Crippen molar-refractivity contribution in [3.8, 4) is 17.3 Å². The third-order valence-electron chi connectivity index (χ3n) is 16.0. The fourth-order valence-electron chi connectivity index (χ4n) is 11.0. The molecule has 0 fully saturated rings. The van der Waals surface area contributed by atoms with E-state index in [-0.39, 0.29) is 42.7 Å². The van der Waals surface area contributed by atoms with Gasteiger partial charge in [0.25, 0.3) is 0 Å². The van der Waals surface area contributed by atoms with Crippen molar-refractivity contribution in [1.29, 1.82) is 0 Å². The molecule has 77 heavy (non-hydrogen) atoms. The first-order valence-electron chi connectivity index (χ1n) is 27.0. The van der Waals surface area contributed by atoms with E-state index in [4.69, 9.17) is 9.72 Å². The molecule has 398 valence electrons. The maximum atomic E-state index is 7.14. The number of ether oxygens (including phenoxy) is 1. The van der Waals surface area contributed by atoms with Gasteiger partial charge in [-0.3, -0.25) is 0 Å². The van der Waals surface area contributed by atoms with Crippen molar-refractivity contribution in [1.82, 2.24) is 9.55 Å². The molecular formula is C71H75N4OPt-3. The summed E-state index contributed by atoms with van der Waals surface area (Å²) >= 11 is 0. The Labute approximate surface area is 474 Å². The van der Waals surface area contributed by atoms with Crippen LogP contribution in [0.2, 0.25) is 0 Å². The largest absolute Gasteiger partial charge is 0.509 e. The van der Waals surface area contributed by atoms with Crippen molar-refractivity contribution in [2.45, 2.75) is 136 Å². The number of hydrogen-bond donors (Lipinski definition) is 0. The molecule has 3 heterocycles. The van der Waals surface area contributed by atoms with Gasteiger partial charge in [-0.15, -0.1) is 53.6 Å². The topological polar surface area (TPSA) is 33.5 Å². The van der Waals surface area contributed by atoms with Gasteiger partial charge in [0.15, 0.2) is 0 Å². The molecule has 0 saturated carbocycles. The van der Waals surface area contributed by atoms with Crippen LogP contribution in [0.3, 0.4) is 0 Å². The Morgan fingerprint density at radius 1 is 0.416 bits per heavy atom. The van der Waals surface area contributed by atoms with E-state index in [9.17, 15) is 0 Å². The number of fused-ring (bicyclic) bond motifs is 3. The van der Waals surface area contributed by atoms with Crippen LogP contribution in [0.5, 0.6) is 11.5 Å². The molecule has 0 saturated heterocycles. The summed E-state index contributed by atoms with van der Waals surface area (Å²) in [5, 5.41) is 2.24. The minimum absolute atomic E-state index is 0. The Kier molecular flexibility index (Phi) is 14.5. The standard InChI is InChI=1S/C71H75N4O.Pt/c1-66(2,3)51-32-25-33-55(40-51)73-47-74(65(71(14,15)50-30-23-18-24-31-50)64(73)70(12,13)49-28-21-17-22-29-49)56-41-54(68(7,8)9)42-58(45-56)76-57-35-36-59-60-43-52(67(4,5)6)34-37-61(60)75(62(59)46-57)63-44-53(38-39-72-63)69(10,11)48-26-19-16-20-27-48;/h16-44,47H,1-15H3;/q-3;. The first-order valence-corrected chi connectivity index (χ1v) is 27.0. The molecule has 7 aromatic carbocycles. The summed E-state index contributed by atoms with van der Waals surface area (Å²) in [4.78, 5) is 9.92. The quantitative estimate of drug-likeness (QED) is 0.121. The predicted octanol–water partition coefficient (Wildman–Crippen LogP) is 18.4. The second-order valence-corrected chi connectivity index (χ2v) is 25.6. The van der Waals surface area contributed by atoms with Crippen LogP contribution >= 0.6 is 0 Å². The molecule has 0 bridgehead atoms. The van der Waals surface area contributed by atoms with E-state index in [1.807, 2.05) is 6.20 Å². The van der Waals surface area contributed by atoms with Crippen molar-refractivity contribution in [2.24, 2.45) is 0 Å². The van der Waals surface area contributed by atoms with Crippen LogP contribution in [0, 0.1) is 18.8 Å². The third kappa shape index (κ3) is 10.5. The summed E-state index contributed by atoms with van der Waals surface area (Å²) < 4.78 is 9.40. The van der Waals surface area contributed by atoms with E-state index < -0.39 is 10.8 Å². The molecule has 5 nitrogen and oxygen atoms in total. The predicted molar refractivity (Wildman–Crippen MR) is 319 cm³/mol. The Morgan fingerprint density at radius 2 is 0.948 bits per heavy atom. The third-order valence-corrected chi connectivity index (χ3v) is 16.0. The minimum Gasteiger partial charge on any atom is -0.509 e. The number of rotatable bonds is 11. The van der Waals surface area contributed by atoms with E-state index in [0.29, 0.717) is 11.5 Å². The average molecular weight is 1200 g/mol. The van der Waals surface area contributed by atoms with Gasteiger partial charge in [-0.05, 0) is 85.3 Å². The number of nitrogens with zero attached hydrogens (tertiary/aromatic N) is 4. The number of anilines is 2. The summed E-state index contributed by atoms with van der Waals surface area (Å²) in [5.74, 6) is 2.04. The molecule has 0 spiro atoms. The molecule has 2 aromatic heterocycles. The molecule has 6 heteroatoms. The van der Waals surface area contributed by atoms with Crippen LogP contribution in [-0.2, 0) is 53.6 Å². The van der Waals surface area contributed by atoms with Gasteiger partial charge in [0.2, 0.25) is 0 Å². The molecule has 0 amide bonds. The van der Waals surface area contributed by atoms with Gasteiger partial charge in [-0.25, -0.2) is 4.98 Å². The Morgan fingerprint density at radius 3 is 1.52 bits per heavy atom. The van der Waals surface area contributed by atoms with E-state index in [2.05, 4.69) is 307 Å². The van der Waals surface area contributed by atoms with Crippen molar-refractivity contribution in [3.05, 3.63) is 245 Å². The number of allylic oxidation sites excluding steroid dienone is 2. The molecule has 0 N–H and O–H groups in total. The molecule has 10 rings (SSSR count). The summed E-state index contributed by atoms with van der Waals surface area (Å²) in [5.41, 5.74) is 13.4. The molecule has 0 radical (unpaired) electrons. The van der Waals surface area contributed by atoms with Gasteiger partial charge in [-0.2, -0.15) is 6.07 Å². The summed E-state index contributed by atoms with van der Waals surface area (Å²) in [6.07, 6.45) is 1.94. The van der Waals surface area contributed by atoms with Crippen molar-refractivity contribution in [2.75, 3.05) is 9.80 Å². The van der Waals surface area contributed by atoms with Crippen LogP contribution < -0.4 is 14.5 Å². The maximum absolute atomic E-state index is 7.14. The van der Waals surface area contributed by atoms with Crippen molar-refractivity contribution < 1.29 is 25.8 Å². The van der Waals surface area contributed by atoms with E-state index >= 15 is 0 Å². The van der Waals surface area contributed by atoms with Gasteiger partial charge < -0.3 is 19.1 Å². The molecule has 0 aliphatic carbocycles. The number of hydrogen-bond acceptors (Lipinski definition) is 4. The van der Waals surface area contributed by atoms with E-state index in [1.54, 1.807) is 0 Å². The number of aromatic nitrogens is 2. The minimum atomic E-state index is -0.483. The van der Waals surface area contributed by atoms with Crippen molar-refractivity contribution in [3.63, 3.8) is 0 Å². The number of benzene rings is 7. The van der Waals surface area contributed by atoms with Crippen molar-refractivity contribution >= 4 is 33.2 Å². The molecule has 9 aromatic rings. The molecule has 0 unspecified atom stereocenters. The zero-order valence-corrected chi connectivity index (χ0v) is 50.1. The van der Waals surface area contributed by atoms with Crippen LogP contribution in [0.1, 0.15) is 143 Å². The van der Waals surface area contributed by atoms with Gasteiger partial charge >= 0.3 is 0 Å². The normalized spacial score (nSPS) is 13.9. The SMILES string of the molecule is CC(C)(C)c1cc(Oc2[c-]c3c(cc2)c2cc(C(C)(C)C)ccc2n3-c2cc(C(C)(C)c3ccccc3)ccn2)[c-]c(N2[CH-]N(c3cccc(C(C)(C)C)c3)C(C(C)(C)c3ccccc3)=C2C(C)(C)c2ccccc2)c1.[Pt]. The number of pyridine rings is 1. The Bertz CT molecular complexity index is 3620. The average Bonchev–Trinajstić information content (AvgIpc) is 4.18. The van der Waals surface area contributed by atoms with Gasteiger partial charge in [0, 0.05) is 77.6 Å². The molecule has 0 atom stereocenters. The smallest absolute Gasteiger partial charge is 0.135 e. The van der Waals surface area contributed by atoms with Gasteiger partial charge in [-0.1, -0.05) is 225 Å². The summed E-state index contributed by atoms with van der Waals surface area (Å²) in [6.45, 7) is 36.8. The zero-order valence-electron chi connectivity index (χ0n) is 47.8. The Balaban J connectivity index is 0.00000722. The van der Waals surface area contributed by atoms with Gasteiger partial charge in [0.1, 0.15) is 5.82 Å².